The number of likely N-dealkylation sites (N-methyl/N-ethyl adjacent to an activating group) is 1. The van der Waals surface area contributed by atoms with E-state index in [2.05, 4.69) is 11.4 Å². The molecule has 1 saturated carbocycles. The van der Waals surface area contributed by atoms with Crippen LogP contribution >= 0.6 is 0 Å². The van der Waals surface area contributed by atoms with Crippen LogP contribution in [0.5, 0.6) is 0 Å². The Morgan fingerprint density at radius 1 is 1.11 bits per heavy atom. The predicted molar refractivity (Wildman–Crippen MR) is 137 cm³/mol. The summed E-state index contributed by atoms with van der Waals surface area (Å²) in [6.07, 6.45) is 7.55. The summed E-state index contributed by atoms with van der Waals surface area (Å²) in [5.74, 6) is -1.17. The molecule has 2 heterocycles. The molecule has 1 N–H and O–H groups in total. The smallest absolute Gasteiger partial charge is 0.408 e. The van der Waals surface area contributed by atoms with Gasteiger partial charge in [-0.3, -0.25) is 9.59 Å². The zero-order chi connectivity index (χ0) is 27.6. The van der Waals surface area contributed by atoms with Crippen LogP contribution < -0.4 is 5.32 Å². The second-order valence-corrected chi connectivity index (χ2v) is 11.7. The number of hydrogen-bond donors (Lipinski definition) is 1. The fraction of sp³-hybridized carbons (Fsp3) is 0.778. The number of hydrogen-bond acceptors (Lipinski definition) is 7. The van der Waals surface area contributed by atoms with E-state index in [1.165, 1.54) is 16.9 Å². The van der Waals surface area contributed by atoms with Gasteiger partial charge >= 0.3 is 12.1 Å². The van der Waals surface area contributed by atoms with Crippen molar-refractivity contribution in [2.24, 2.45) is 5.41 Å². The van der Waals surface area contributed by atoms with Gasteiger partial charge in [0.15, 0.2) is 0 Å². The Kier molecular flexibility index (Phi) is 8.61. The first-order chi connectivity index (χ1) is 17.3. The maximum atomic E-state index is 13.9. The highest BCUT2D eigenvalue weighted by Crippen LogP contribution is 2.61. The molecular weight excluding hydrogens is 478 g/mol. The van der Waals surface area contributed by atoms with Gasteiger partial charge in [0.2, 0.25) is 11.8 Å². The van der Waals surface area contributed by atoms with E-state index in [9.17, 15) is 19.2 Å². The number of rotatable bonds is 3. The summed E-state index contributed by atoms with van der Waals surface area (Å²) in [6.45, 7) is 7.45. The molecule has 5 atom stereocenters. The lowest BCUT2D eigenvalue weighted by atomic mass is 9.98. The van der Waals surface area contributed by atoms with Crippen molar-refractivity contribution in [3.05, 3.63) is 12.2 Å². The summed E-state index contributed by atoms with van der Waals surface area (Å²) < 4.78 is 16.1. The lowest BCUT2D eigenvalue weighted by Gasteiger charge is -2.35. The molecule has 0 aromatic carbocycles. The van der Waals surface area contributed by atoms with Gasteiger partial charge in [0, 0.05) is 32.5 Å². The first-order valence-corrected chi connectivity index (χ1v) is 13.2. The third kappa shape index (κ3) is 5.94. The molecule has 10 nitrogen and oxygen atoms in total. The first kappa shape index (κ1) is 28.9. The average Bonchev–Trinajstić information content (AvgIpc) is 3.23. The van der Waals surface area contributed by atoms with Crippen LogP contribution in [-0.4, -0.2) is 90.8 Å². The van der Waals surface area contributed by atoms with Crippen LogP contribution in [0.3, 0.4) is 0 Å². The number of amides is 3. The molecule has 1 aliphatic carbocycles. The van der Waals surface area contributed by atoms with Crippen LogP contribution in [0, 0.1) is 5.41 Å². The van der Waals surface area contributed by atoms with Crippen molar-refractivity contribution in [2.45, 2.75) is 102 Å². The summed E-state index contributed by atoms with van der Waals surface area (Å²) in [5, 5.41) is 2.74. The molecule has 3 amide bonds. The minimum absolute atomic E-state index is 0.217. The zero-order valence-corrected chi connectivity index (χ0v) is 23.3. The number of esters is 1. The van der Waals surface area contributed by atoms with Gasteiger partial charge in [-0.1, -0.05) is 31.9 Å². The molecule has 3 aliphatic rings. The third-order valence-corrected chi connectivity index (χ3v) is 7.87. The molecule has 0 aromatic rings. The van der Waals surface area contributed by atoms with Crippen molar-refractivity contribution >= 4 is 23.9 Å². The van der Waals surface area contributed by atoms with Gasteiger partial charge in [0.25, 0.3) is 0 Å². The molecular formula is C27H43N3O7. The second kappa shape index (κ2) is 11.0. The van der Waals surface area contributed by atoms with Crippen LogP contribution in [0.15, 0.2) is 12.2 Å². The van der Waals surface area contributed by atoms with E-state index >= 15 is 0 Å². The number of carbonyl (C=O) groups excluding carboxylic acids is 4. The van der Waals surface area contributed by atoms with Crippen LogP contribution in [0.1, 0.15) is 72.6 Å². The number of alkyl carbamates (subject to hydrolysis) is 1. The van der Waals surface area contributed by atoms with Crippen molar-refractivity contribution in [1.82, 2.24) is 15.1 Å². The van der Waals surface area contributed by atoms with E-state index in [0.717, 1.165) is 25.7 Å². The number of carbonyl (C=O) groups is 4. The SMILES string of the molecule is COC(=O)C12CC1(C)/C=C\CCCCCC(NC(=O)OC(C)(C)C)C(=O)N1CC(OC)CC1C(=O)N2C. The summed E-state index contributed by atoms with van der Waals surface area (Å²) in [4.78, 5) is 56.3. The standard InChI is InChI=1S/C27H43N3O7/c1-25(2,3)37-24(34)28-19-13-11-9-8-10-12-14-26(4)17-27(26,23(33)36-7)29(5)22(32)20-15-18(35-6)16-30(20)21(19)31/h12,14,18-20H,8-11,13,15-17H2,1-7H3,(H,28,34)/b14-12-. The van der Waals surface area contributed by atoms with Crippen LogP contribution in [0.4, 0.5) is 4.79 Å². The molecule has 3 rings (SSSR count). The number of nitrogens with zero attached hydrogens (tertiary/aromatic N) is 2. The maximum absolute atomic E-state index is 13.9. The van der Waals surface area contributed by atoms with Gasteiger partial charge in [-0.2, -0.15) is 0 Å². The van der Waals surface area contributed by atoms with Gasteiger partial charge in [0.05, 0.1) is 13.2 Å². The lowest BCUT2D eigenvalue weighted by molar-refractivity contribution is -0.158. The van der Waals surface area contributed by atoms with E-state index in [-0.39, 0.29) is 24.5 Å². The van der Waals surface area contributed by atoms with Crippen LogP contribution in [0.25, 0.3) is 0 Å². The molecule has 2 fully saturated rings. The van der Waals surface area contributed by atoms with Crippen molar-refractivity contribution in [2.75, 3.05) is 27.8 Å². The Morgan fingerprint density at radius 3 is 2.43 bits per heavy atom. The Labute approximate surface area is 220 Å². The summed E-state index contributed by atoms with van der Waals surface area (Å²) in [5.41, 5.74) is -2.41. The molecule has 0 radical (unpaired) electrons. The minimum atomic E-state index is -1.14. The number of methoxy groups -OCH3 is 2. The molecule has 0 aromatic heterocycles. The number of fused-ring (bicyclic) bond motifs is 2. The highest BCUT2D eigenvalue weighted by molar-refractivity contribution is 5.97. The summed E-state index contributed by atoms with van der Waals surface area (Å²) >= 11 is 0. The fourth-order valence-corrected chi connectivity index (χ4v) is 5.69. The molecule has 10 heteroatoms. The van der Waals surface area contributed by atoms with E-state index < -0.39 is 40.7 Å². The van der Waals surface area contributed by atoms with Gasteiger partial charge in [-0.15, -0.1) is 0 Å². The largest absolute Gasteiger partial charge is 0.467 e. The zero-order valence-electron chi connectivity index (χ0n) is 23.3. The van der Waals surface area contributed by atoms with E-state index in [0.29, 0.717) is 19.3 Å². The van der Waals surface area contributed by atoms with Gasteiger partial charge in [-0.05, 0) is 46.5 Å². The molecule has 0 bridgehead atoms. The topological polar surface area (TPSA) is 114 Å². The highest BCUT2D eigenvalue weighted by Gasteiger charge is 2.73. The van der Waals surface area contributed by atoms with Gasteiger partial charge in [-0.25, -0.2) is 9.59 Å². The van der Waals surface area contributed by atoms with Crippen molar-refractivity contribution in [1.29, 1.82) is 0 Å². The summed E-state index contributed by atoms with van der Waals surface area (Å²) in [6, 6.07) is -1.67. The Bertz CT molecular complexity index is 929. The van der Waals surface area contributed by atoms with Crippen molar-refractivity contribution in [3.63, 3.8) is 0 Å². The predicted octanol–water partition coefficient (Wildman–Crippen LogP) is 2.80. The van der Waals surface area contributed by atoms with E-state index in [1.807, 2.05) is 13.0 Å². The van der Waals surface area contributed by atoms with E-state index in [1.54, 1.807) is 34.9 Å². The molecule has 1 saturated heterocycles. The highest BCUT2D eigenvalue weighted by atomic mass is 16.6. The molecule has 37 heavy (non-hydrogen) atoms. The van der Waals surface area contributed by atoms with Crippen LogP contribution in [-0.2, 0) is 28.6 Å². The molecule has 5 unspecified atom stereocenters. The van der Waals surface area contributed by atoms with Crippen LogP contribution in [0.2, 0.25) is 0 Å². The average molecular weight is 522 g/mol. The summed E-state index contributed by atoms with van der Waals surface area (Å²) in [7, 11) is 4.48. The molecule has 0 spiro atoms. The van der Waals surface area contributed by atoms with Gasteiger partial charge < -0.3 is 29.3 Å². The molecule has 208 valence electrons. The maximum Gasteiger partial charge on any atom is 0.408 e. The normalized spacial score (nSPS) is 34.0. The minimum Gasteiger partial charge on any atom is -0.467 e. The van der Waals surface area contributed by atoms with Crippen molar-refractivity contribution < 1.29 is 33.4 Å². The quantitative estimate of drug-likeness (QED) is 0.449. The second-order valence-electron chi connectivity index (χ2n) is 11.7. The van der Waals surface area contributed by atoms with E-state index in [4.69, 9.17) is 14.2 Å². The first-order valence-electron chi connectivity index (χ1n) is 13.2. The number of allylic oxidation sites excluding steroid dienone is 1. The third-order valence-electron chi connectivity index (χ3n) is 7.87. The Morgan fingerprint density at radius 2 is 1.81 bits per heavy atom. The lowest BCUT2D eigenvalue weighted by Crippen LogP contribution is -2.57. The monoisotopic (exact) mass is 521 g/mol. The molecule has 2 aliphatic heterocycles. The number of nitrogens with one attached hydrogen (secondary N) is 1. The van der Waals surface area contributed by atoms with Gasteiger partial charge in [0.1, 0.15) is 23.2 Å². The Hall–Kier alpha value is -2.62. The van der Waals surface area contributed by atoms with Crippen molar-refractivity contribution in [3.8, 4) is 0 Å². The fourth-order valence-electron chi connectivity index (χ4n) is 5.69. The number of ether oxygens (including phenoxy) is 3. The Balaban J connectivity index is 1.95.